The molecule has 1 atom stereocenters. The van der Waals surface area contributed by atoms with E-state index >= 15 is 0 Å². The molecule has 9 heteroatoms. The smallest absolute Gasteiger partial charge is 0.223 e. The highest BCUT2D eigenvalue weighted by atomic mass is 35.5. The highest BCUT2D eigenvalue weighted by molar-refractivity contribution is 5.86. The number of carbonyl (C=O) groups excluding carboxylic acids is 1. The molecule has 2 fully saturated rings. The molecule has 0 radical (unpaired) electrons. The van der Waals surface area contributed by atoms with Crippen molar-refractivity contribution in [1.82, 2.24) is 20.0 Å². The van der Waals surface area contributed by atoms with Gasteiger partial charge in [-0.3, -0.25) is 14.6 Å². The van der Waals surface area contributed by atoms with Gasteiger partial charge in [-0.2, -0.15) is 0 Å². The molecule has 2 aliphatic heterocycles. The van der Waals surface area contributed by atoms with E-state index in [-0.39, 0.29) is 43.1 Å². The first kappa shape index (κ1) is 27.4. The van der Waals surface area contributed by atoms with Crippen LogP contribution in [0.5, 0.6) is 0 Å². The average molecular weight is 422 g/mol. The van der Waals surface area contributed by atoms with Crippen molar-refractivity contribution < 1.29 is 9.53 Å². The van der Waals surface area contributed by atoms with Gasteiger partial charge in [-0.15, -0.1) is 37.2 Å². The third-order valence-electron chi connectivity index (χ3n) is 4.68. The minimum atomic E-state index is 0. The fourth-order valence-corrected chi connectivity index (χ4v) is 3.18. The molecule has 2 aliphatic rings. The van der Waals surface area contributed by atoms with Crippen LogP contribution in [0.1, 0.15) is 20.3 Å². The number of nitrogens with one attached hydrogen (secondary N) is 1. The number of hydrogen-bond acceptors (Lipinski definition) is 5. The van der Waals surface area contributed by atoms with Gasteiger partial charge in [-0.1, -0.05) is 0 Å². The molecule has 0 spiro atoms. The van der Waals surface area contributed by atoms with Crippen LogP contribution in [0.2, 0.25) is 0 Å². The number of halogens is 3. The largest absolute Gasteiger partial charge is 0.374 e. The Morgan fingerprint density at radius 3 is 2.32 bits per heavy atom. The molecule has 2 rings (SSSR count). The molecule has 6 nitrogen and oxygen atoms in total. The lowest BCUT2D eigenvalue weighted by Crippen LogP contribution is -2.54. The van der Waals surface area contributed by atoms with Crippen molar-refractivity contribution >= 4 is 43.1 Å². The van der Waals surface area contributed by atoms with E-state index in [2.05, 4.69) is 29.0 Å². The van der Waals surface area contributed by atoms with E-state index in [0.29, 0.717) is 18.6 Å². The lowest BCUT2D eigenvalue weighted by molar-refractivity contribution is -0.133. The quantitative estimate of drug-likeness (QED) is 0.696. The van der Waals surface area contributed by atoms with Crippen LogP contribution in [-0.4, -0.2) is 98.8 Å². The Balaban J connectivity index is 0. The molecule has 2 saturated heterocycles. The van der Waals surface area contributed by atoms with Crippen LogP contribution in [-0.2, 0) is 9.53 Å². The summed E-state index contributed by atoms with van der Waals surface area (Å²) in [7, 11) is 1.88. The van der Waals surface area contributed by atoms with Crippen LogP contribution < -0.4 is 5.32 Å². The fraction of sp³-hybridized carbons (Fsp3) is 0.938. The second-order valence-corrected chi connectivity index (χ2v) is 6.62. The maximum absolute atomic E-state index is 12.0. The Labute approximate surface area is 171 Å². The second-order valence-electron chi connectivity index (χ2n) is 6.62. The minimum absolute atomic E-state index is 0. The number of nitrogens with zero attached hydrogens (tertiary/aromatic N) is 3. The SMILES string of the molecule is CNCCC(=O)N1CCN(CC2CN(C(C)C)CCO2)CC1.Cl.Cl.Cl. The van der Waals surface area contributed by atoms with Gasteiger partial charge in [-0.05, 0) is 20.9 Å². The predicted molar refractivity (Wildman–Crippen MR) is 110 cm³/mol. The lowest BCUT2D eigenvalue weighted by atomic mass is 10.2. The topological polar surface area (TPSA) is 48.1 Å². The van der Waals surface area contributed by atoms with Crippen LogP contribution in [0, 0.1) is 0 Å². The summed E-state index contributed by atoms with van der Waals surface area (Å²) in [6.45, 7) is 12.8. The van der Waals surface area contributed by atoms with Crippen molar-refractivity contribution in [3.8, 4) is 0 Å². The van der Waals surface area contributed by atoms with Crippen LogP contribution >= 0.6 is 37.2 Å². The number of morpholine rings is 1. The zero-order valence-corrected chi connectivity index (χ0v) is 18.1. The molecule has 1 amide bonds. The standard InChI is InChI=1S/C16H32N4O2.3ClH/c1-14(2)20-10-11-22-15(13-20)12-18-6-8-19(9-7-18)16(21)4-5-17-3;;;/h14-15,17H,4-13H2,1-3H3;3*1H. The summed E-state index contributed by atoms with van der Waals surface area (Å²) in [4.78, 5) is 18.9. The lowest BCUT2D eigenvalue weighted by Gasteiger charge is -2.40. The molecule has 0 aromatic heterocycles. The summed E-state index contributed by atoms with van der Waals surface area (Å²) in [5, 5.41) is 3.03. The summed E-state index contributed by atoms with van der Waals surface area (Å²) < 4.78 is 5.92. The molecule has 0 bridgehead atoms. The van der Waals surface area contributed by atoms with Gasteiger partial charge in [0, 0.05) is 64.8 Å². The first-order chi connectivity index (χ1) is 10.6. The molecule has 25 heavy (non-hydrogen) atoms. The van der Waals surface area contributed by atoms with E-state index in [0.717, 1.165) is 59.0 Å². The number of rotatable bonds is 6. The summed E-state index contributed by atoms with van der Waals surface area (Å²) in [5.74, 6) is 0.272. The highest BCUT2D eigenvalue weighted by Gasteiger charge is 2.26. The second kappa shape index (κ2) is 14.3. The van der Waals surface area contributed by atoms with Crippen molar-refractivity contribution in [1.29, 1.82) is 0 Å². The molecule has 0 aromatic carbocycles. The molecular formula is C16H35Cl3N4O2. The van der Waals surface area contributed by atoms with Gasteiger partial charge < -0.3 is 15.0 Å². The van der Waals surface area contributed by atoms with Crippen molar-refractivity contribution in [2.75, 3.05) is 66.0 Å². The average Bonchev–Trinajstić information content (AvgIpc) is 2.53. The first-order valence-electron chi connectivity index (χ1n) is 8.60. The third-order valence-corrected chi connectivity index (χ3v) is 4.68. The number of amides is 1. The van der Waals surface area contributed by atoms with Crippen LogP contribution in [0.15, 0.2) is 0 Å². The zero-order valence-electron chi connectivity index (χ0n) is 15.6. The summed E-state index contributed by atoms with van der Waals surface area (Å²) >= 11 is 0. The van der Waals surface area contributed by atoms with E-state index in [9.17, 15) is 4.79 Å². The van der Waals surface area contributed by atoms with E-state index < -0.39 is 0 Å². The van der Waals surface area contributed by atoms with E-state index in [1.165, 1.54) is 0 Å². The number of piperazine rings is 1. The third kappa shape index (κ3) is 9.09. The molecule has 0 aliphatic carbocycles. The van der Waals surface area contributed by atoms with Gasteiger partial charge in [-0.25, -0.2) is 0 Å². The molecule has 0 aromatic rings. The summed E-state index contributed by atoms with van der Waals surface area (Å²) in [5.41, 5.74) is 0. The Hall–Kier alpha value is 0.180. The van der Waals surface area contributed by atoms with Gasteiger partial charge in [0.25, 0.3) is 0 Å². The van der Waals surface area contributed by atoms with E-state index in [1.807, 2.05) is 11.9 Å². The predicted octanol–water partition coefficient (Wildman–Crippen LogP) is 1.11. The molecular weight excluding hydrogens is 387 g/mol. The van der Waals surface area contributed by atoms with Crippen LogP contribution in [0.25, 0.3) is 0 Å². The van der Waals surface area contributed by atoms with Gasteiger partial charge in [0.05, 0.1) is 12.7 Å². The molecule has 152 valence electrons. The molecule has 1 N–H and O–H groups in total. The normalized spacial score (nSPS) is 21.9. The maximum atomic E-state index is 12.0. The fourth-order valence-electron chi connectivity index (χ4n) is 3.18. The van der Waals surface area contributed by atoms with Gasteiger partial charge in [0.15, 0.2) is 0 Å². The van der Waals surface area contributed by atoms with Crippen molar-refractivity contribution in [2.24, 2.45) is 0 Å². The van der Waals surface area contributed by atoms with E-state index in [4.69, 9.17) is 4.74 Å². The minimum Gasteiger partial charge on any atom is -0.374 e. The molecule has 1 unspecified atom stereocenters. The Morgan fingerprint density at radius 1 is 1.12 bits per heavy atom. The first-order valence-corrected chi connectivity index (χ1v) is 8.60. The van der Waals surface area contributed by atoms with Gasteiger partial charge in [0.2, 0.25) is 5.91 Å². The number of hydrogen-bond donors (Lipinski definition) is 1. The summed E-state index contributed by atoms with van der Waals surface area (Å²) in [6.07, 6.45) is 0.911. The van der Waals surface area contributed by atoms with Crippen molar-refractivity contribution in [2.45, 2.75) is 32.4 Å². The molecule has 0 saturated carbocycles. The monoisotopic (exact) mass is 420 g/mol. The van der Waals surface area contributed by atoms with Crippen molar-refractivity contribution in [3.63, 3.8) is 0 Å². The number of carbonyl (C=O) groups is 1. The van der Waals surface area contributed by atoms with Crippen LogP contribution in [0.3, 0.4) is 0 Å². The summed E-state index contributed by atoms with van der Waals surface area (Å²) in [6, 6.07) is 0.591. The van der Waals surface area contributed by atoms with E-state index in [1.54, 1.807) is 0 Å². The maximum Gasteiger partial charge on any atom is 0.223 e. The number of ether oxygens (including phenoxy) is 1. The Morgan fingerprint density at radius 2 is 1.76 bits per heavy atom. The Kier molecular flexibility index (Phi) is 15.6. The van der Waals surface area contributed by atoms with Crippen molar-refractivity contribution in [3.05, 3.63) is 0 Å². The highest BCUT2D eigenvalue weighted by Crippen LogP contribution is 2.12. The molecule has 2 heterocycles. The van der Waals surface area contributed by atoms with Gasteiger partial charge in [0.1, 0.15) is 0 Å². The van der Waals surface area contributed by atoms with Gasteiger partial charge >= 0.3 is 0 Å². The van der Waals surface area contributed by atoms with Crippen LogP contribution in [0.4, 0.5) is 0 Å². The zero-order chi connectivity index (χ0) is 15.9. The Bertz CT molecular complexity index is 356.